The second-order valence-electron chi connectivity index (χ2n) is 3.59. The molecule has 0 fully saturated rings. The van der Waals surface area contributed by atoms with Crippen LogP contribution >= 0.6 is 44.3 Å². The normalized spacial score (nSPS) is 12.0. The van der Waals surface area contributed by atoms with Crippen molar-refractivity contribution in [2.45, 2.75) is 25.3 Å². The van der Waals surface area contributed by atoms with Crippen molar-refractivity contribution < 1.29 is 0 Å². The smallest absolute Gasteiger partial charge is 0.0295 e. The van der Waals surface area contributed by atoms with Gasteiger partial charge in [0.2, 0.25) is 0 Å². The lowest BCUT2D eigenvalue weighted by Gasteiger charge is -2.12. The van der Waals surface area contributed by atoms with E-state index in [9.17, 15) is 0 Å². The molecule has 0 unspecified atom stereocenters. The van der Waals surface area contributed by atoms with Crippen LogP contribution in [0.3, 0.4) is 0 Å². The molecule has 0 aliphatic heterocycles. The predicted octanol–water partition coefficient (Wildman–Crippen LogP) is 3.76. The van der Waals surface area contributed by atoms with E-state index in [4.69, 9.17) is 11.5 Å². The van der Waals surface area contributed by atoms with E-state index < -0.39 is 0 Å². The van der Waals surface area contributed by atoms with Gasteiger partial charge in [0.15, 0.2) is 0 Å². The summed E-state index contributed by atoms with van der Waals surface area (Å²) >= 11 is 6.92. The van der Waals surface area contributed by atoms with Crippen molar-refractivity contribution in [2.24, 2.45) is 11.5 Å². The zero-order valence-electron chi connectivity index (χ0n) is 8.96. The Balaban J connectivity index is 0.00000225. The third-order valence-corrected chi connectivity index (χ3v) is 3.20. The Kier molecular flexibility index (Phi) is 8.68. The Bertz CT molecular complexity index is 301. The molecular formula is C11H17Br2ClN2. The number of hydrogen-bond donors (Lipinski definition) is 2. The highest BCUT2D eigenvalue weighted by Gasteiger charge is 2.07. The Morgan fingerprint density at radius 1 is 1.06 bits per heavy atom. The van der Waals surface area contributed by atoms with Crippen LogP contribution in [0.15, 0.2) is 27.1 Å². The van der Waals surface area contributed by atoms with Gasteiger partial charge in [0.05, 0.1) is 0 Å². The molecule has 0 aliphatic carbocycles. The predicted molar refractivity (Wildman–Crippen MR) is 78.9 cm³/mol. The SMILES string of the molecule is Cl.NCCCC[C@H](N)c1cc(Br)cc(Br)c1. The second-order valence-corrected chi connectivity index (χ2v) is 5.43. The van der Waals surface area contributed by atoms with Crippen molar-refractivity contribution in [1.82, 2.24) is 0 Å². The molecular weight excluding hydrogens is 355 g/mol. The molecule has 2 nitrogen and oxygen atoms in total. The molecule has 0 aromatic heterocycles. The van der Waals surface area contributed by atoms with Crippen molar-refractivity contribution >= 4 is 44.3 Å². The standard InChI is InChI=1S/C11H16Br2N2.ClH/c12-9-5-8(6-10(13)7-9)11(15)3-1-2-4-14;/h5-7,11H,1-4,14-15H2;1H/t11-;/m0./s1. The fourth-order valence-electron chi connectivity index (χ4n) is 1.46. The fraction of sp³-hybridized carbons (Fsp3) is 0.455. The van der Waals surface area contributed by atoms with E-state index in [1.807, 2.05) is 6.07 Å². The first kappa shape index (κ1) is 16.4. The van der Waals surface area contributed by atoms with Crippen LogP contribution in [0.2, 0.25) is 0 Å². The largest absolute Gasteiger partial charge is 0.330 e. The van der Waals surface area contributed by atoms with Crippen molar-refractivity contribution in [2.75, 3.05) is 6.54 Å². The molecule has 0 saturated heterocycles. The topological polar surface area (TPSA) is 52.0 Å². The van der Waals surface area contributed by atoms with E-state index in [1.165, 1.54) is 0 Å². The van der Waals surface area contributed by atoms with E-state index in [2.05, 4.69) is 44.0 Å². The summed E-state index contributed by atoms with van der Waals surface area (Å²) in [5.74, 6) is 0. The van der Waals surface area contributed by atoms with Gasteiger partial charge in [0, 0.05) is 15.0 Å². The van der Waals surface area contributed by atoms with Crippen LogP contribution in [0.4, 0.5) is 0 Å². The highest BCUT2D eigenvalue weighted by Crippen LogP contribution is 2.25. The summed E-state index contributed by atoms with van der Waals surface area (Å²) in [7, 11) is 0. The molecule has 0 radical (unpaired) electrons. The molecule has 1 aromatic carbocycles. The van der Waals surface area contributed by atoms with Crippen LogP contribution in [0, 0.1) is 0 Å². The highest BCUT2D eigenvalue weighted by molar-refractivity contribution is 9.11. The third kappa shape index (κ3) is 5.64. The van der Waals surface area contributed by atoms with E-state index in [0.717, 1.165) is 40.3 Å². The van der Waals surface area contributed by atoms with Gasteiger partial charge in [-0.3, -0.25) is 0 Å². The lowest BCUT2D eigenvalue weighted by molar-refractivity contribution is 0.590. The first-order valence-corrected chi connectivity index (χ1v) is 6.63. The van der Waals surface area contributed by atoms with Gasteiger partial charge in [-0.05, 0) is 43.1 Å². The molecule has 1 rings (SSSR count). The van der Waals surface area contributed by atoms with Crippen LogP contribution in [-0.4, -0.2) is 6.54 Å². The Morgan fingerprint density at radius 2 is 1.62 bits per heavy atom. The summed E-state index contributed by atoms with van der Waals surface area (Å²) in [4.78, 5) is 0. The number of hydrogen-bond acceptors (Lipinski definition) is 2. The average Bonchev–Trinajstić information content (AvgIpc) is 2.16. The van der Waals surface area contributed by atoms with Gasteiger partial charge in [-0.1, -0.05) is 38.3 Å². The summed E-state index contributed by atoms with van der Waals surface area (Å²) < 4.78 is 2.11. The molecule has 0 amide bonds. The number of rotatable bonds is 5. The molecule has 0 spiro atoms. The highest BCUT2D eigenvalue weighted by atomic mass is 79.9. The van der Waals surface area contributed by atoms with Crippen molar-refractivity contribution in [1.29, 1.82) is 0 Å². The summed E-state index contributed by atoms with van der Waals surface area (Å²) in [6.45, 7) is 0.745. The summed E-state index contributed by atoms with van der Waals surface area (Å²) in [5.41, 5.74) is 12.7. The Morgan fingerprint density at radius 3 is 2.12 bits per heavy atom. The minimum Gasteiger partial charge on any atom is -0.330 e. The van der Waals surface area contributed by atoms with Gasteiger partial charge in [-0.2, -0.15) is 0 Å². The van der Waals surface area contributed by atoms with Crippen LogP contribution in [0.1, 0.15) is 30.9 Å². The first-order chi connectivity index (χ1) is 7.13. The van der Waals surface area contributed by atoms with Crippen molar-refractivity contribution in [3.8, 4) is 0 Å². The zero-order chi connectivity index (χ0) is 11.3. The van der Waals surface area contributed by atoms with E-state index >= 15 is 0 Å². The Hall–Kier alpha value is 0.390. The molecule has 0 heterocycles. The van der Waals surface area contributed by atoms with E-state index in [-0.39, 0.29) is 18.4 Å². The Labute approximate surface area is 120 Å². The maximum Gasteiger partial charge on any atom is 0.0295 e. The quantitative estimate of drug-likeness (QED) is 0.773. The summed E-state index contributed by atoms with van der Waals surface area (Å²) in [5, 5.41) is 0. The van der Waals surface area contributed by atoms with E-state index in [1.54, 1.807) is 0 Å². The number of unbranched alkanes of at least 4 members (excludes halogenated alkanes) is 1. The average molecular weight is 373 g/mol. The molecule has 16 heavy (non-hydrogen) atoms. The van der Waals surface area contributed by atoms with Gasteiger partial charge < -0.3 is 11.5 Å². The maximum absolute atomic E-state index is 6.09. The monoisotopic (exact) mass is 370 g/mol. The van der Waals surface area contributed by atoms with Crippen molar-refractivity contribution in [3.63, 3.8) is 0 Å². The third-order valence-electron chi connectivity index (χ3n) is 2.28. The van der Waals surface area contributed by atoms with Gasteiger partial charge in [-0.25, -0.2) is 0 Å². The molecule has 1 atom stereocenters. The molecule has 92 valence electrons. The van der Waals surface area contributed by atoms with Gasteiger partial charge in [-0.15, -0.1) is 12.4 Å². The molecule has 4 N–H and O–H groups in total. The van der Waals surface area contributed by atoms with Gasteiger partial charge >= 0.3 is 0 Å². The second kappa shape index (κ2) is 8.48. The molecule has 5 heteroatoms. The number of nitrogens with two attached hydrogens (primary N) is 2. The van der Waals surface area contributed by atoms with Crippen LogP contribution < -0.4 is 11.5 Å². The summed E-state index contributed by atoms with van der Waals surface area (Å²) in [6.07, 6.45) is 3.12. The molecule has 1 aromatic rings. The summed E-state index contributed by atoms with van der Waals surface area (Å²) in [6, 6.07) is 6.25. The molecule has 0 bridgehead atoms. The van der Waals surface area contributed by atoms with Gasteiger partial charge in [0.1, 0.15) is 0 Å². The lowest BCUT2D eigenvalue weighted by Crippen LogP contribution is -2.11. The van der Waals surface area contributed by atoms with Crippen LogP contribution in [-0.2, 0) is 0 Å². The van der Waals surface area contributed by atoms with Gasteiger partial charge in [0.25, 0.3) is 0 Å². The molecule has 0 aliphatic rings. The van der Waals surface area contributed by atoms with Crippen molar-refractivity contribution in [3.05, 3.63) is 32.7 Å². The van der Waals surface area contributed by atoms with Crippen LogP contribution in [0.25, 0.3) is 0 Å². The fourth-order valence-corrected chi connectivity index (χ4v) is 2.79. The maximum atomic E-state index is 6.09. The lowest BCUT2D eigenvalue weighted by atomic mass is 10.0. The molecule has 0 saturated carbocycles. The number of halogens is 3. The minimum atomic E-state index is 0. The van der Waals surface area contributed by atoms with Crippen LogP contribution in [0.5, 0.6) is 0 Å². The number of benzene rings is 1. The first-order valence-electron chi connectivity index (χ1n) is 5.05. The van der Waals surface area contributed by atoms with E-state index in [0.29, 0.717) is 0 Å². The zero-order valence-corrected chi connectivity index (χ0v) is 12.9. The minimum absolute atomic E-state index is 0.